The summed E-state index contributed by atoms with van der Waals surface area (Å²) in [5.74, 6) is 1.34. The molecule has 1 aliphatic heterocycles. The standard InChI is InChI=1S/C19H23N5O6/c1-8-14(30-19(25)29-5)12(13-16(20)23-18(21)24-17(13)22-8)9-6-10(26-2)15(28-4)11(7-9)27-3/h6-7,12H,1-5H3,(H5,20,21,22,23,24). The summed E-state index contributed by atoms with van der Waals surface area (Å²) in [5.41, 5.74) is 13.6. The molecule has 0 radical (unpaired) electrons. The van der Waals surface area contributed by atoms with Gasteiger partial charge in [-0.15, -0.1) is 0 Å². The van der Waals surface area contributed by atoms with Gasteiger partial charge in [-0.05, 0) is 24.6 Å². The molecule has 0 aliphatic carbocycles. The molecule has 0 spiro atoms. The van der Waals surface area contributed by atoms with Gasteiger partial charge in [0, 0.05) is 0 Å². The molecule has 0 saturated carbocycles. The van der Waals surface area contributed by atoms with Crippen molar-refractivity contribution in [2.75, 3.05) is 45.2 Å². The minimum absolute atomic E-state index is 0.00697. The lowest BCUT2D eigenvalue weighted by atomic mass is 9.86. The smallest absolute Gasteiger partial charge is 0.493 e. The first kappa shape index (κ1) is 20.8. The topological polar surface area (TPSA) is 153 Å². The van der Waals surface area contributed by atoms with Crippen molar-refractivity contribution >= 4 is 23.7 Å². The van der Waals surface area contributed by atoms with Crippen LogP contribution < -0.4 is 31.0 Å². The number of fused-ring (bicyclic) bond motifs is 1. The van der Waals surface area contributed by atoms with Crippen molar-refractivity contribution in [3.05, 3.63) is 34.7 Å². The van der Waals surface area contributed by atoms with E-state index >= 15 is 0 Å². The highest BCUT2D eigenvalue weighted by Crippen LogP contribution is 2.48. The van der Waals surface area contributed by atoms with E-state index in [1.807, 2.05) is 0 Å². The van der Waals surface area contributed by atoms with Gasteiger partial charge in [0.1, 0.15) is 17.4 Å². The van der Waals surface area contributed by atoms with E-state index < -0.39 is 12.1 Å². The number of nitrogens with one attached hydrogen (secondary N) is 1. The third kappa shape index (κ3) is 3.56. The Morgan fingerprint density at radius 1 is 1.03 bits per heavy atom. The third-order valence-corrected chi connectivity index (χ3v) is 4.60. The fourth-order valence-corrected chi connectivity index (χ4v) is 3.32. The van der Waals surface area contributed by atoms with Crippen molar-refractivity contribution in [1.82, 2.24) is 9.97 Å². The number of aromatic nitrogens is 2. The summed E-state index contributed by atoms with van der Waals surface area (Å²) in [6.07, 6.45) is -0.887. The minimum Gasteiger partial charge on any atom is -0.493 e. The molecule has 1 aromatic heterocycles. The molecule has 0 bridgehead atoms. The first-order valence-electron chi connectivity index (χ1n) is 8.80. The summed E-state index contributed by atoms with van der Waals surface area (Å²) in [5, 5.41) is 3.05. The van der Waals surface area contributed by atoms with Crippen LogP contribution in [0.15, 0.2) is 23.6 Å². The molecular weight excluding hydrogens is 394 g/mol. The Morgan fingerprint density at radius 2 is 1.67 bits per heavy atom. The lowest BCUT2D eigenvalue weighted by molar-refractivity contribution is 0.0929. The summed E-state index contributed by atoms with van der Waals surface area (Å²) in [7, 11) is 5.73. The Kier molecular flexibility index (Phi) is 5.72. The molecule has 1 aliphatic rings. The van der Waals surface area contributed by atoms with E-state index in [-0.39, 0.29) is 17.5 Å². The fourth-order valence-electron chi connectivity index (χ4n) is 3.32. The Labute approximate surface area is 172 Å². The van der Waals surface area contributed by atoms with Gasteiger partial charge >= 0.3 is 6.16 Å². The molecule has 2 heterocycles. The lowest BCUT2D eigenvalue weighted by Gasteiger charge is -2.30. The molecule has 3 rings (SSSR count). The Morgan fingerprint density at radius 3 is 2.20 bits per heavy atom. The predicted octanol–water partition coefficient (Wildman–Crippen LogP) is 2.24. The normalized spacial score (nSPS) is 15.0. The van der Waals surface area contributed by atoms with Crippen LogP contribution >= 0.6 is 0 Å². The molecule has 11 nitrogen and oxygen atoms in total. The van der Waals surface area contributed by atoms with Crippen molar-refractivity contribution in [1.29, 1.82) is 0 Å². The van der Waals surface area contributed by atoms with Crippen molar-refractivity contribution in [2.24, 2.45) is 0 Å². The van der Waals surface area contributed by atoms with E-state index in [2.05, 4.69) is 20.0 Å². The molecular formula is C19H23N5O6. The number of hydrogen-bond donors (Lipinski definition) is 3. The average molecular weight is 417 g/mol. The van der Waals surface area contributed by atoms with Crippen LogP contribution in [0.25, 0.3) is 0 Å². The molecule has 11 heteroatoms. The molecule has 2 aromatic rings. The summed E-state index contributed by atoms with van der Waals surface area (Å²) in [6, 6.07) is 3.45. The highest BCUT2D eigenvalue weighted by molar-refractivity contribution is 5.72. The van der Waals surface area contributed by atoms with Gasteiger partial charge in [-0.2, -0.15) is 9.97 Å². The maximum atomic E-state index is 11.9. The zero-order chi connectivity index (χ0) is 22.0. The molecule has 0 amide bonds. The highest BCUT2D eigenvalue weighted by Gasteiger charge is 2.36. The van der Waals surface area contributed by atoms with Crippen LogP contribution in [-0.4, -0.2) is 44.6 Å². The highest BCUT2D eigenvalue weighted by atomic mass is 16.7. The van der Waals surface area contributed by atoms with Crippen LogP contribution in [0.3, 0.4) is 0 Å². The van der Waals surface area contributed by atoms with E-state index in [4.69, 9.17) is 30.4 Å². The van der Waals surface area contributed by atoms with E-state index in [1.54, 1.807) is 19.1 Å². The number of carbonyl (C=O) groups excluding carboxylic acids is 1. The second-order valence-corrected chi connectivity index (χ2v) is 6.29. The number of hydrogen-bond acceptors (Lipinski definition) is 11. The predicted molar refractivity (Wildman–Crippen MR) is 109 cm³/mol. The van der Waals surface area contributed by atoms with Gasteiger partial charge in [0.05, 0.1) is 45.6 Å². The number of nitrogen functional groups attached to an aromatic ring is 2. The zero-order valence-corrected chi connectivity index (χ0v) is 17.2. The molecule has 5 N–H and O–H groups in total. The second kappa shape index (κ2) is 8.23. The number of methoxy groups -OCH3 is 4. The summed E-state index contributed by atoms with van der Waals surface area (Å²) < 4.78 is 26.5. The van der Waals surface area contributed by atoms with Crippen LogP contribution in [0, 0.1) is 0 Å². The van der Waals surface area contributed by atoms with Crippen LogP contribution in [0.4, 0.5) is 22.4 Å². The molecule has 1 aromatic carbocycles. The summed E-state index contributed by atoms with van der Waals surface area (Å²) in [4.78, 5) is 20.2. The maximum Gasteiger partial charge on any atom is 0.513 e. The number of benzene rings is 1. The Bertz CT molecular complexity index is 998. The zero-order valence-electron chi connectivity index (χ0n) is 17.2. The number of allylic oxidation sites excluding steroid dienone is 2. The van der Waals surface area contributed by atoms with Crippen molar-refractivity contribution in [2.45, 2.75) is 12.8 Å². The van der Waals surface area contributed by atoms with Crippen molar-refractivity contribution in [3.63, 3.8) is 0 Å². The quantitative estimate of drug-likeness (QED) is 0.614. The number of nitrogens with two attached hydrogens (primary N) is 2. The third-order valence-electron chi connectivity index (χ3n) is 4.60. The maximum absolute atomic E-state index is 11.9. The first-order valence-corrected chi connectivity index (χ1v) is 8.80. The Balaban J connectivity index is 2.29. The van der Waals surface area contributed by atoms with Gasteiger partial charge in [0.2, 0.25) is 11.7 Å². The molecule has 0 saturated heterocycles. The van der Waals surface area contributed by atoms with E-state index in [0.29, 0.717) is 39.9 Å². The number of ether oxygens (including phenoxy) is 5. The van der Waals surface area contributed by atoms with Crippen molar-refractivity contribution < 1.29 is 28.5 Å². The first-order chi connectivity index (χ1) is 14.3. The van der Waals surface area contributed by atoms with E-state index in [1.165, 1.54) is 28.4 Å². The van der Waals surface area contributed by atoms with Gasteiger partial charge in [0.25, 0.3) is 0 Å². The van der Waals surface area contributed by atoms with Gasteiger partial charge in [-0.25, -0.2) is 4.79 Å². The summed E-state index contributed by atoms with van der Waals surface area (Å²) in [6.45, 7) is 1.72. The molecule has 160 valence electrons. The van der Waals surface area contributed by atoms with Crippen LogP contribution in [-0.2, 0) is 9.47 Å². The molecule has 1 atom stereocenters. The average Bonchev–Trinajstić information content (AvgIpc) is 2.72. The van der Waals surface area contributed by atoms with Gasteiger partial charge < -0.3 is 40.5 Å². The monoisotopic (exact) mass is 417 g/mol. The Hall–Kier alpha value is -3.89. The summed E-state index contributed by atoms with van der Waals surface area (Å²) >= 11 is 0. The van der Waals surface area contributed by atoms with Crippen LogP contribution in [0.1, 0.15) is 24.0 Å². The number of anilines is 3. The molecule has 1 unspecified atom stereocenters. The van der Waals surface area contributed by atoms with E-state index in [0.717, 1.165) is 0 Å². The second-order valence-electron chi connectivity index (χ2n) is 6.29. The van der Waals surface area contributed by atoms with Gasteiger partial charge in [-0.3, -0.25) is 0 Å². The van der Waals surface area contributed by atoms with Gasteiger partial charge in [0.15, 0.2) is 11.5 Å². The number of nitrogens with zero attached hydrogens (tertiary/aromatic N) is 2. The van der Waals surface area contributed by atoms with Crippen molar-refractivity contribution in [3.8, 4) is 17.2 Å². The molecule has 0 fully saturated rings. The minimum atomic E-state index is -0.887. The number of rotatable bonds is 5. The fraction of sp³-hybridized carbons (Fsp3) is 0.316. The SMILES string of the molecule is COC(=O)OC1=C(C)Nc2nc(N)nc(N)c2C1c1cc(OC)c(OC)c(OC)c1. The number of carbonyl (C=O) groups is 1. The largest absolute Gasteiger partial charge is 0.513 e. The van der Waals surface area contributed by atoms with E-state index in [9.17, 15) is 4.79 Å². The molecule has 30 heavy (non-hydrogen) atoms. The van der Waals surface area contributed by atoms with Crippen LogP contribution in [0.5, 0.6) is 17.2 Å². The lowest BCUT2D eigenvalue weighted by Crippen LogP contribution is -2.24. The van der Waals surface area contributed by atoms with Gasteiger partial charge in [-0.1, -0.05) is 0 Å². The van der Waals surface area contributed by atoms with Crippen LogP contribution in [0.2, 0.25) is 0 Å².